The first-order chi connectivity index (χ1) is 28.0. The zero-order chi connectivity index (χ0) is 38.1. The second kappa shape index (κ2) is 13.0. The predicted molar refractivity (Wildman–Crippen MR) is 240 cm³/mol. The molecule has 0 atom stereocenters. The molecular formula is C55H39NO. The first-order valence-corrected chi connectivity index (χ1v) is 19.8. The Morgan fingerprint density at radius 3 is 1.79 bits per heavy atom. The van der Waals surface area contributed by atoms with Gasteiger partial charge in [-0.2, -0.15) is 0 Å². The Labute approximate surface area is 332 Å². The summed E-state index contributed by atoms with van der Waals surface area (Å²) in [6, 6.07) is 72.5. The molecule has 1 aromatic heterocycles. The van der Waals surface area contributed by atoms with Crippen LogP contribution in [0, 0.1) is 0 Å². The highest BCUT2D eigenvalue weighted by Gasteiger charge is 2.38. The van der Waals surface area contributed by atoms with Gasteiger partial charge in [0.05, 0.1) is 0 Å². The van der Waals surface area contributed by atoms with E-state index in [4.69, 9.17) is 4.42 Å². The molecule has 0 saturated carbocycles. The lowest BCUT2D eigenvalue weighted by Crippen LogP contribution is -2.15. The van der Waals surface area contributed by atoms with E-state index in [1.165, 1.54) is 77.2 Å². The SMILES string of the molecule is CC1(C)c2cc(-c3cccc(N(c4ccc(-c5ccccc5)cc4)c4ccc(-c5cccc6ccccc56)cc4)c3)ccc2-c2ccc3oc4ccccc4c3c21. The van der Waals surface area contributed by atoms with Crippen LogP contribution in [-0.4, -0.2) is 0 Å². The lowest BCUT2D eigenvalue weighted by atomic mass is 9.80. The van der Waals surface area contributed by atoms with Crippen molar-refractivity contribution in [2.45, 2.75) is 19.3 Å². The zero-order valence-corrected chi connectivity index (χ0v) is 31.9. The third-order valence-electron chi connectivity index (χ3n) is 12.0. The van der Waals surface area contributed by atoms with E-state index in [1.54, 1.807) is 0 Å². The number of fused-ring (bicyclic) bond motifs is 8. The largest absolute Gasteiger partial charge is 0.456 e. The van der Waals surface area contributed by atoms with Gasteiger partial charge in [0.1, 0.15) is 11.2 Å². The molecule has 0 aliphatic heterocycles. The third-order valence-corrected chi connectivity index (χ3v) is 12.0. The van der Waals surface area contributed by atoms with Gasteiger partial charge >= 0.3 is 0 Å². The summed E-state index contributed by atoms with van der Waals surface area (Å²) in [6.45, 7) is 4.73. The molecule has 0 unspecified atom stereocenters. The second-order valence-corrected chi connectivity index (χ2v) is 15.7. The fourth-order valence-electron chi connectivity index (χ4n) is 9.27. The topological polar surface area (TPSA) is 16.4 Å². The average Bonchev–Trinajstić information content (AvgIpc) is 3.76. The van der Waals surface area contributed by atoms with Crippen LogP contribution in [0.15, 0.2) is 205 Å². The van der Waals surface area contributed by atoms with Crippen molar-refractivity contribution < 1.29 is 4.42 Å². The monoisotopic (exact) mass is 729 g/mol. The molecule has 0 N–H and O–H groups in total. The minimum atomic E-state index is -0.206. The van der Waals surface area contributed by atoms with Gasteiger partial charge in [0.2, 0.25) is 0 Å². The second-order valence-electron chi connectivity index (χ2n) is 15.7. The van der Waals surface area contributed by atoms with E-state index < -0.39 is 0 Å². The molecule has 1 aliphatic carbocycles. The Morgan fingerprint density at radius 1 is 0.386 bits per heavy atom. The van der Waals surface area contributed by atoms with Crippen LogP contribution in [0.2, 0.25) is 0 Å². The molecular weight excluding hydrogens is 691 g/mol. The van der Waals surface area contributed by atoms with E-state index in [1.807, 2.05) is 6.07 Å². The maximum atomic E-state index is 6.34. The van der Waals surface area contributed by atoms with E-state index in [2.05, 4.69) is 213 Å². The molecule has 0 fully saturated rings. The summed E-state index contributed by atoms with van der Waals surface area (Å²) in [5.41, 5.74) is 17.5. The molecule has 2 heteroatoms. The average molecular weight is 730 g/mol. The Bertz CT molecular complexity index is 3130. The number of anilines is 3. The van der Waals surface area contributed by atoms with Gasteiger partial charge in [-0.15, -0.1) is 0 Å². The van der Waals surface area contributed by atoms with Crippen LogP contribution in [0.4, 0.5) is 17.1 Å². The standard InChI is InChI=1S/C55H39NO/c1-55(2)50-35-41(26-31-47(50)48-32-33-52-53(54(48)55)49-19-8-9-21-51(49)57-52)40-16-10-17-44(34-40)56(42-27-22-37(23-28-42)36-12-4-3-5-13-36)43-29-24-39(25-30-43)46-20-11-15-38-14-6-7-18-45(38)46/h3-35H,1-2H3. The number of nitrogens with zero attached hydrogens (tertiary/aromatic N) is 1. The van der Waals surface area contributed by atoms with Gasteiger partial charge in [0, 0.05) is 33.2 Å². The van der Waals surface area contributed by atoms with E-state index in [-0.39, 0.29) is 5.41 Å². The summed E-state index contributed by atoms with van der Waals surface area (Å²) < 4.78 is 6.34. The maximum absolute atomic E-state index is 6.34. The van der Waals surface area contributed by atoms with Crippen molar-refractivity contribution in [2.24, 2.45) is 0 Å². The third kappa shape index (κ3) is 5.40. The van der Waals surface area contributed by atoms with Gasteiger partial charge in [-0.05, 0) is 121 Å². The van der Waals surface area contributed by atoms with Crippen molar-refractivity contribution in [3.05, 3.63) is 211 Å². The Hall–Kier alpha value is -7.16. The van der Waals surface area contributed by atoms with E-state index in [9.17, 15) is 0 Å². The van der Waals surface area contributed by atoms with E-state index in [0.29, 0.717) is 0 Å². The Balaban J connectivity index is 1.00. The Kier molecular flexibility index (Phi) is 7.55. The van der Waals surface area contributed by atoms with Crippen molar-refractivity contribution >= 4 is 49.8 Å². The van der Waals surface area contributed by atoms with Crippen LogP contribution in [0.3, 0.4) is 0 Å². The molecule has 0 bridgehead atoms. The smallest absolute Gasteiger partial charge is 0.135 e. The highest BCUT2D eigenvalue weighted by atomic mass is 16.3. The number of hydrogen-bond acceptors (Lipinski definition) is 2. The van der Waals surface area contributed by atoms with Crippen LogP contribution in [0.1, 0.15) is 25.0 Å². The minimum Gasteiger partial charge on any atom is -0.456 e. The summed E-state index contributed by atoms with van der Waals surface area (Å²) in [7, 11) is 0. The van der Waals surface area contributed by atoms with Crippen LogP contribution in [-0.2, 0) is 5.41 Å². The summed E-state index contributed by atoms with van der Waals surface area (Å²) in [5, 5.41) is 4.92. The molecule has 0 amide bonds. The van der Waals surface area contributed by atoms with Crippen molar-refractivity contribution in [3.8, 4) is 44.5 Å². The lowest BCUT2D eigenvalue weighted by Gasteiger charge is -2.27. The number of hydrogen-bond donors (Lipinski definition) is 0. The van der Waals surface area contributed by atoms with Crippen molar-refractivity contribution in [1.82, 2.24) is 0 Å². The first-order valence-electron chi connectivity index (χ1n) is 19.8. The van der Waals surface area contributed by atoms with Gasteiger partial charge < -0.3 is 9.32 Å². The van der Waals surface area contributed by atoms with Gasteiger partial charge in [0.25, 0.3) is 0 Å². The normalized spacial score (nSPS) is 12.9. The molecule has 0 spiro atoms. The first kappa shape index (κ1) is 33.2. The van der Waals surface area contributed by atoms with Crippen LogP contribution < -0.4 is 4.90 Å². The molecule has 2 nitrogen and oxygen atoms in total. The van der Waals surface area contributed by atoms with Crippen LogP contribution in [0.5, 0.6) is 0 Å². The van der Waals surface area contributed by atoms with Gasteiger partial charge in [-0.1, -0.05) is 159 Å². The lowest BCUT2D eigenvalue weighted by molar-refractivity contribution is 0.657. The number of benzene rings is 9. The maximum Gasteiger partial charge on any atom is 0.135 e. The summed E-state index contributed by atoms with van der Waals surface area (Å²) in [6.07, 6.45) is 0. The molecule has 270 valence electrons. The quantitative estimate of drug-likeness (QED) is 0.169. The van der Waals surface area contributed by atoms with Crippen LogP contribution in [0.25, 0.3) is 77.2 Å². The molecule has 10 aromatic rings. The molecule has 9 aromatic carbocycles. The Morgan fingerprint density at radius 2 is 0.982 bits per heavy atom. The molecule has 0 saturated heterocycles. The van der Waals surface area contributed by atoms with Crippen LogP contribution >= 0.6 is 0 Å². The summed E-state index contributed by atoms with van der Waals surface area (Å²) >= 11 is 0. The highest BCUT2D eigenvalue weighted by Crippen LogP contribution is 2.54. The van der Waals surface area contributed by atoms with Crippen molar-refractivity contribution in [1.29, 1.82) is 0 Å². The number of furan rings is 1. The van der Waals surface area contributed by atoms with E-state index in [0.717, 1.165) is 28.2 Å². The molecule has 11 rings (SSSR count). The van der Waals surface area contributed by atoms with Crippen molar-refractivity contribution in [2.75, 3.05) is 4.90 Å². The number of rotatable bonds is 6. The van der Waals surface area contributed by atoms with Gasteiger partial charge in [0.15, 0.2) is 0 Å². The number of para-hydroxylation sites is 1. The summed E-state index contributed by atoms with van der Waals surface area (Å²) in [5.74, 6) is 0. The zero-order valence-electron chi connectivity index (χ0n) is 31.9. The fraction of sp³-hybridized carbons (Fsp3) is 0.0545. The van der Waals surface area contributed by atoms with Gasteiger partial charge in [-0.3, -0.25) is 0 Å². The molecule has 57 heavy (non-hydrogen) atoms. The summed E-state index contributed by atoms with van der Waals surface area (Å²) in [4.78, 5) is 2.37. The highest BCUT2D eigenvalue weighted by molar-refractivity contribution is 6.11. The molecule has 1 aliphatic rings. The minimum absolute atomic E-state index is 0.206. The molecule has 0 radical (unpaired) electrons. The van der Waals surface area contributed by atoms with E-state index >= 15 is 0 Å². The fourth-order valence-corrected chi connectivity index (χ4v) is 9.27. The van der Waals surface area contributed by atoms with Crippen molar-refractivity contribution in [3.63, 3.8) is 0 Å². The molecule has 1 heterocycles. The van der Waals surface area contributed by atoms with Gasteiger partial charge in [-0.25, -0.2) is 0 Å². The predicted octanol–water partition coefficient (Wildman–Crippen LogP) is 15.5.